The molecule has 2 unspecified atom stereocenters. The van der Waals surface area contributed by atoms with Crippen molar-refractivity contribution in [3.8, 4) is 0 Å². The number of hydrogen-bond acceptors (Lipinski definition) is 1. The Labute approximate surface area is 87.5 Å². The molecule has 1 rings (SSSR count). The third kappa shape index (κ3) is 3.32. The zero-order valence-corrected chi connectivity index (χ0v) is 9.84. The lowest BCUT2D eigenvalue weighted by molar-refractivity contribution is -0.119. The highest BCUT2D eigenvalue weighted by Crippen LogP contribution is 2.27. The Balaban J connectivity index is 2.49. The molecule has 1 aliphatic heterocycles. The lowest BCUT2D eigenvalue weighted by Gasteiger charge is -2.21. The Bertz CT molecular complexity index is 178. The van der Waals surface area contributed by atoms with Crippen LogP contribution in [0.5, 0.6) is 0 Å². The summed E-state index contributed by atoms with van der Waals surface area (Å²) in [5.74, 6) is 2.20. The van der Waals surface area contributed by atoms with E-state index in [1.807, 2.05) is 0 Å². The molecular formula is C12H23NO. The number of carbonyl (C=O) groups excluding carboxylic acids is 1. The molecule has 2 heteroatoms. The van der Waals surface area contributed by atoms with Crippen LogP contribution >= 0.6 is 0 Å². The molecule has 0 bridgehead atoms. The van der Waals surface area contributed by atoms with Gasteiger partial charge in [-0.05, 0) is 30.6 Å². The number of hydrogen-bond donors (Lipinski definition) is 1. The molecule has 1 fully saturated rings. The standard InChI is InChI=1S/C12H23NO/c1-8(2)5-10-7-12(14)13-11(10)6-9(3)4/h8-11H,5-7H2,1-4H3,(H,13,14). The topological polar surface area (TPSA) is 29.1 Å². The summed E-state index contributed by atoms with van der Waals surface area (Å²) in [5.41, 5.74) is 0. The summed E-state index contributed by atoms with van der Waals surface area (Å²) in [6, 6.07) is 0.435. The molecule has 2 atom stereocenters. The first-order valence-corrected chi connectivity index (χ1v) is 5.78. The molecule has 0 spiro atoms. The minimum Gasteiger partial charge on any atom is -0.353 e. The summed E-state index contributed by atoms with van der Waals surface area (Å²) in [7, 11) is 0. The molecule has 2 nitrogen and oxygen atoms in total. The van der Waals surface area contributed by atoms with Crippen LogP contribution < -0.4 is 5.32 Å². The minimum absolute atomic E-state index is 0.251. The SMILES string of the molecule is CC(C)CC1CC(=O)NC1CC(C)C. The van der Waals surface area contributed by atoms with Crippen LogP contribution in [0.2, 0.25) is 0 Å². The van der Waals surface area contributed by atoms with Gasteiger partial charge in [0.25, 0.3) is 0 Å². The first-order valence-electron chi connectivity index (χ1n) is 5.78. The Morgan fingerprint density at radius 1 is 1.21 bits per heavy atom. The van der Waals surface area contributed by atoms with Crippen molar-refractivity contribution in [3.63, 3.8) is 0 Å². The van der Waals surface area contributed by atoms with Gasteiger partial charge in [-0.25, -0.2) is 0 Å². The van der Waals surface area contributed by atoms with Crippen molar-refractivity contribution in [2.45, 2.75) is 53.0 Å². The normalized spacial score (nSPS) is 27.4. The van der Waals surface area contributed by atoms with Crippen LogP contribution in [0.25, 0.3) is 0 Å². The number of carbonyl (C=O) groups is 1. The fourth-order valence-electron chi connectivity index (χ4n) is 2.38. The summed E-state index contributed by atoms with van der Waals surface area (Å²) in [4.78, 5) is 11.3. The van der Waals surface area contributed by atoms with Gasteiger partial charge >= 0.3 is 0 Å². The first kappa shape index (κ1) is 11.5. The monoisotopic (exact) mass is 197 g/mol. The van der Waals surface area contributed by atoms with Crippen molar-refractivity contribution in [2.24, 2.45) is 17.8 Å². The minimum atomic E-state index is 0.251. The fraction of sp³-hybridized carbons (Fsp3) is 0.917. The van der Waals surface area contributed by atoms with Crippen LogP contribution in [0, 0.1) is 17.8 Å². The molecule has 1 aliphatic rings. The van der Waals surface area contributed by atoms with Crippen LogP contribution in [0.4, 0.5) is 0 Å². The van der Waals surface area contributed by atoms with E-state index in [2.05, 4.69) is 33.0 Å². The summed E-state index contributed by atoms with van der Waals surface area (Å²) in [6.45, 7) is 8.90. The molecule has 82 valence electrons. The third-order valence-corrected chi connectivity index (χ3v) is 2.86. The van der Waals surface area contributed by atoms with Crippen molar-refractivity contribution in [3.05, 3.63) is 0 Å². The van der Waals surface area contributed by atoms with Crippen LogP contribution in [-0.4, -0.2) is 11.9 Å². The van der Waals surface area contributed by atoms with Gasteiger partial charge in [-0.1, -0.05) is 27.7 Å². The molecule has 0 aromatic heterocycles. The Morgan fingerprint density at radius 2 is 1.79 bits per heavy atom. The maximum Gasteiger partial charge on any atom is 0.220 e. The quantitative estimate of drug-likeness (QED) is 0.737. The smallest absolute Gasteiger partial charge is 0.220 e. The predicted molar refractivity (Wildman–Crippen MR) is 58.9 cm³/mol. The summed E-state index contributed by atoms with van der Waals surface area (Å²) >= 11 is 0. The van der Waals surface area contributed by atoms with Crippen LogP contribution in [0.15, 0.2) is 0 Å². The lowest BCUT2D eigenvalue weighted by atomic mass is 9.87. The lowest BCUT2D eigenvalue weighted by Crippen LogP contribution is -2.30. The molecule has 1 saturated heterocycles. The average molecular weight is 197 g/mol. The Morgan fingerprint density at radius 3 is 2.29 bits per heavy atom. The van der Waals surface area contributed by atoms with E-state index in [0.29, 0.717) is 23.8 Å². The largest absolute Gasteiger partial charge is 0.353 e. The van der Waals surface area contributed by atoms with E-state index in [9.17, 15) is 4.79 Å². The van der Waals surface area contributed by atoms with E-state index in [1.165, 1.54) is 6.42 Å². The Kier molecular flexibility index (Phi) is 3.97. The van der Waals surface area contributed by atoms with Crippen molar-refractivity contribution >= 4 is 5.91 Å². The molecule has 0 aromatic rings. The van der Waals surface area contributed by atoms with Crippen molar-refractivity contribution < 1.29 is 4.79 Å². The highest BCUT2D eigenvalue weighted by Gasteiger charge is 2.32. The molecule has 1 heterocycles. The van der Waals surface area contributed by atoms with Gasteiger partial charge in [0.2, 0.25) is 5.91 Å². The van der Waals surface area contributed by atoms with Gasteiger partial charge < -0.3 is 5.32 Å². The molecule has 1 N–H and O–H groups in total. The van der Waals surface area contributed by atoms with E-state index < -0.39 is 0 Å². The second-order valence-corrected chi connectivity index (χ2v) is 5.40. The van der Waals surface area contributed by atoms with E-state index in [1.54, 1.807) is 0 Å². The zero-order chi connectivity index (χ0) is 10.7. The van der Waals surface area contributed by atoms with Gasteiger partial charge in [-0.3, -0.25) is 4.79 Å². The Hall–Kier alpha value is -0.530. The van der Waals surface area contributed by atoms with E-state index in [4.69, 9.17) is 0 Å². The first-order chi connectivity index (χ1) is 6.49. The van der Waals surface area contributed by atoms with Gasteiger partial charge in [0, 0.05) is 12.5 Å². The second kappa shape index (κ2) is 4.81. The number of nitrogens with one attached hydrogen (secondary N) is 1. The van der Waals surface area contributed by atoms with Gasteiger partial charge in [-0.15, -0.1) is 0 Å². The van der Waals surface area contributed by atoms with Gasteiger partial charge in [0.15, 0.2) is 0 Å². The summed E-state index contributed by atoms with van der Waals surface area (Å²) in [5, 5.41) is 3.10. The highest BCUT2D eigenvalue weighted by molar-refractivity contribution is 5.79. The molecule has 14 heavy (non-hydrogen) atoms. The van der Waals surface area contributed by atoms with Crippen molar-refractivity contribution in [1.82, 2.24) is 5.32 Å². The molecule has 0 aliphatic carbocycles. The third-order valence-electron chi connectivity index (χ3n) is 2.86. The van der Waals surface area contributed by atoms with Gasteiger partial charge in [0.1, 0.15) is 0 Å². The maximum absolute atomic E-state index is 11.3. The second-order valence-electron chi connectivity index (χ2n) is 5.40. The van der Waals surface area contributed by atoms with Crippen LogP contribution in [0.3, 0.4) is 0 Å². The van der Waals surface area contributed by atoms with E-state index in [0.717, 1.165) is 12.8 Å². The average Bonchev–Trinajstić information content (AvgIpc) is 2.28. The molecule has 0 aromatic carbocycles. The van der Waals surface area contributed by atoms with Gasteiger partial charge in [0.05, 0.1) is 0 Å². The number of rotatable bonds is 4. The fourth-order valence-corrected chi connectivity index (χ4v) is 2.38. The maximum atomic E-state index is 11.3. The predicted octanol–water partition coefficient (Wildman–Crippen LogP) is 2.58. The molecule has 0 radical (unpaired) electrons. The molecular weight excluding hydrogens is 174 g/mol. The van der Waals surface area contributed by atoms with E-state index in [-0.39, 0.29) is 5.91 Å². The molecule has 1 amide bonds. The van der Waals surface area contributed by atoms with Crippen LogP contribution in [-0.2, 0) is 4.79 Å². The van der Waals surface area contributed by atoms with Gasteiger partial charge in [-0.2, -0.15) is 0 Å². The van der Waals surface area contributed by atoms with Crippen molar-refractivity contribution in [1.29, 1.82) is 0 Å². The summed E-state index contributed by atoms with van der Waals surface area (Å²) < 4.78 is 0. The van der Waals surface area contributed by atoms with Crippen molar-refractivity contribution in [2.75, 3.05) is 0 Å². The van der Waals surface area contributed by atoms with Crippen LogP contribution in [0.1, 0.15) is 47.0 Å². The highest BCUT2D eigenvalue weighted by atomic mass is 16.2. The molecule has 0 saturated carbocycles. The number of amides is 1. The summed E-state index contributed by atoms with van der Waals surface area (Å²) in [6.07, 6.45) is 3.05. The van der Waals surface area contributed by atoms with E-state index >= 15 is 0 Å². The zero-order valence-electron chi connectivity index (χ0n) is 9.84.